The van der Waals surface area contributed by atoms with Crippen LogP contribution in [0.5, 0.6) is 0 Å². The molecule has 0 unspecified atom stereocenters. The molecule has 0 atom stereocenters. The van der Waals surface area contributed by atoms with Gasteiger partial charge in [0.05, 0.1) is 0 Å². The fourth-order valence-electron chi connectivity index (χ4n) is 2.53. The summed E-state index contributed by atoms with van der Waals surface area (Å²) >= 11 is 0. The highest BCUT2D eigenvalue weighted by Gasteiger charge is 2.28. The van der Waals surface area contributed by atoms with E-state index in [1.165, 1.54) is 25.7 Å². The molecule has 0 saturated heterocycles. The molecular weight excluding hydrogens is 226 g/mol. The summed E-state index contributed by atoms with van der Waals surface area (Å²) in [6.45, 7) is 5.35. The number of aromatic nitrogens is 2. The zero-order chi connectivity index (χ0) is 13.0. The monoisotopic (exact) mass is 249 g/mol. The van der Waals surface area contributed by atoms with E-state index in [-0.39, 0.29) is 0 Å². The first-order valence-electron chi connectivity index (χ1n) is 6.74. The zero-order valence-corrected chi connectivity index (χ0v) is 11.3. The first kappa shape index (κ1) is 13.1. The highest BCUT2D eigenvalue weighted by Crippen LogP contribution is 2.37. The van der Waals surface area contributed by atoms with E-state index in [1.807, 2.05) is 13.0 Å². The Balaban J connectivity index is 2.04. The van der Waals surface area contributed by atoms with Crippen molar-refractivity contribution >= 4 is 11.6 Å². The Morgan fingerprint density at radius 2 is 1.94 bits per heavy atom. The summed E-state index contributed by atoms with van der Waals surface area (Å²) in [7, 11) is 0. The van der Waals surface area contributed by atoms with Gasteiger partial charge in [-0.3, -0.25) is 0 Å². The van der Waals surface area contributed by atoms with Crippen molar-refractivity contribution in [1.82, 2.24) is 9.97 Å². The molecule has 2 rings (SSSR count). The molecule has 1 fully saturated rings. The van der Waals surface area contributed by atoms with Crippen LogP contribution in [-0.4, -0.2) is 16.5 Å². The summed E-state index contributed by atoms with van der Waals surface area (Å²) in [5.74, 6) is 7.76. The maximum Gasteiger partial charge on any atom is 0.145 e. The molecule has 0 bridgehead atoms. The Hall–Kier alpha value is -1.36. The minimum Gasteiger partial charge on any atom is -0.369 e. The topological polar surface area (TPSA) is 75.9 Å². The lowest BCUT2D eigenvalue weighted by atomic mass is 9.89. The van der Waals surface area contributed by atoms with Crippen LogP contribution in [0.4, 0.5) is 11.6 Å². The van der Waals surface area contributed by atoms with Crippen molar-refractivity contribution in [2.45, 2.75) is 46.0 Å². The van der Waals surface area contributed by atoms with Gasteiger partial charge in [-0.2, -0.15) is 0 Å². The van der Waals surface area contributed by atoms with Crippen LogP contribution in [0.15, 0.2) is 6.07 Å². The second kappa shape index (κ2) is 5.52. The van der Waals surface area contributed by atoms with Gasteiger partial charge in [-0.25, -0.2) is 15.8 Å². The van der Waals surface area contributed by atoms with Crippen molar-refractivity contribution in [2.75, 3.05) is 17.3 Å². The first-order valence-corrected chi connectivity index (χ1v) is 6.74. The lowest BCUT2D eigenvalue weighted by Gasteiger charge is -2.24. The Morgan fingerprint density at radius 3 is 2.56 bits per heavy atom. The summed E-state index contributed by atoms with van der Waals surface area (Å²) in [4.78, 5) is 8.75. The number of nitrogens with one attached hydrogen (secondary N) is 2. The third-order valence-electron chi connectivity index (χ3n) is 3.74. The lowest BCUT2D eigenvalue weighted by molar-refractivity contribution is 0.361. The van der Waals surface area contributed by atoms with Crippen LogP contribution in [0, 0.1) is 5.41 Å². The van der Waals surface area contributed by atoms with Crippen LogP contribution in [0.3, 0.4) is 0 Å². The minimum absolute atomic E-state index is 0.410. The number of anilines is 2. The van der Waals surface area contributed by atoms with Crippen molar-refractivity contribution in [3.05, 3.63) is 11.9 Å². The zero-order valence-electron chi connectivity index (χ0n) is 11.3. The lowest BCUT2D eigenvalue weighted by Crippen LogP contribution is -2.23. The van der Waals surface area contributed by atoms with Gasteiger partial charge in [-0.1, -0.05) is 26.7 Å². The Bertz CT molecular complexity index is 376. The van der Waals surface area contributed by atoms with Crippen molar-refractivity contribution in [2.24, 2.45) is 11.3 Å². The smallest absolute Gasteiger partial charge is 0.145 e. The highest BCUT2D eigenvalue weighted by molar-refractivity contribution is 5.47. The molecule has 0 spiro atoms. The van der Waals surface area contributed by atoms with Gasteiger partial charge in [0, 0.05) is 19.0 Å². The maximum atomic E-state index is 5.42. The van der Waals surface area contributed by atoms with Gasteiger partial charge in [-0.15, -0.1) is 0 Å². The molecule has 1 aromatic heterocycles. The number of nitrogens with zero attached hydrogens (tertiary/aromatic N) is 2. The maximum absolute atomic E-state index is 5.42. The molecule has 100 valence electrons. The van der Waals surface area contributed by atoms with Crippen LogP contribution >= 0.6 is 0 Å². The molecule has 1 aromatic rings. The molecule has 0 amide bonds. The number of rotatable bonds is 5. The molecule has 5 nitrogen and oxygen atoms in total. The van der Waals surface area contributed by atoms with Crippen molar-refractivity contribution in [1.29, 1.82) is 0 Å². The quantitative estimate of drug-likeness (QED) is 0.551. The number of hydrogen-bond acceptors (Lipinski definition) is 5. The van der Waals surface area contributed by atoms with Crippen LogP contribution in [-0.2, 0) is 6.42 Å². The average molecular weight is 249 g/mol. The van der Waals surface area contributed by atoms with Crippen LogP contribution < -0.4 is 16.6 Å². The van der Waals surface area contributed by atoms with E-state index in [1.54, 1.807) is 0 Å². The largest absolute Gasteiger partial charge is 0.369 e. The highest BCUT2D eigenvalue weighted by atomic mass is 15.3. The second-order valence-corrected chi connectivity index (χ2v) is 5.42. The molecule has 0 aromatic carbocycles. The third-order valence-corrected chi connectivity index (χ3v) is 3.74. The Labute approximate surface area is 109 Å². The normalized spacial score (nSPS) is 17.7. The van der Waals surface area contributed by atoms with Gasteiger partial charge in [-0.05, 0) is 18.3 Å². The number of hydrazine groups is 1. The SMILES string of the molecule is CCc1nc(NN)cc(NCC2(C)CCCC2)n1. The number of hydrogen-bond donors (Lipinski definition) is 3. The summed E-state index contributed by atoms with van der Waals surface area (Å²) in [5, 5.41) is 3.43. The molecule has 5 heteroatoms. The predicted molar refractivity (Wildman–Crippen MR) is 74.3 cm³/mol. The third kappa shape index (κ3) is 3.10. The van der Waals surface area contributed by atoms with Gasteiger partial charge in [0.25, 0.3) is 0 Å². The van der Waals surface area contributed by atoms with Crippen LogP contribution in [0.2, 0.25) is 0 Å². The summed E-state index contributed by atoms with van der Waals surface area (Å²) in [5.41, 5.74) is 3.00. The molecule has 1 heterocycles. The van der Waals surface area contributed by atoms with E-state index in [0.717, 1.165) is 24.6 Å². The van der Waals surface area contributed by atoms with Gasteiger partial charge in [0.15, 0.2) is 0 Å². The fraction of sp³-hybridized carbons (Fsp3) is 0.692. The number of aryl methyl sites for hydroxylation is 1. The second-order valence-electron chi connectivity index (χ2n) is 5.42. The van der Waals surface area contributed by atoms with E-state index in [0.29, 0.717) is 11.2 Å². The molecule has 1 aliphatic carbocycles. The molecule has 4 N–H and O–H groups in total. The Morgan fingerprint density at radius 1 is 1.28 bits per heavy atom. The van der Waals surface area contributed by atoms with E-state index in [2.05, 4.69) is 27.6 Å². The van der Waals surface area contributed by atoms with Gasteiger partial charge in [0.1, 0.15) is 17.5 Å². The number of nitrogen functional groups attached to an aromatic ring is 1. The standard InChI is InChI=1S/C13H23N5/c1-3-10-16-11(8-12(17-10)18-14)15-9-13(2)6-4-5-7-13/h8H,3-7,9,14H2,1-2H3,(H2,15,16,17,18). The van der Waals surface area contributed by atoms with E-state index in [4.69, 9.17) is 5.84 Å². The summed E-state index contributed by atoms with van der Waals surface area (Å²) < 4.78 is 0. The molecule has 0 aliphatic heterocycles. The van der Waals surface area contributed by atoms with Gasteiger partial charge >= 0.3 is 0 Å². The molecule has 1 aliphatic rings. The van der Waals surface area contributed by atoms with Crippen LogP contribution in [0.1, 0.15) is 45.4 Å². The van der Waals surface area contributed by atoms with E-state index < -0.39 is 0 Å². The molecule has 0 radical (unpaired) electrons. The van der Waals surface area contributed by atoms with Crippen molar-refractivity contribution < 1.29 is 0 Å². The minimum atomic E-state index is 0.410. The molecule has 1 saturated carbocycles. The van der Waals surface area contributed by atoms with E-state index >= 15 is 0 Å². The van der Waals surface area contributed by atoms with E-state index in [9.17, 15) is 0 Å². The Kier molecular flexibility index (Phi) is 4.01. The average Bonchev–Trinajstić information content (AvgIpc) is 2.83. The fourth-order valence-corrected chi connectivity index (χ4v) is 2.53. The first-order chi connectivity index (χ1) is 8.65. The summed E-state index contributed by atoms with van der Waals surface area (Å²) in [6, 6.07) is 1.86. The molecular formula is C13H23N5. The van der Waals surface area contributed by atoms with Crippen molar-refractivity contribution in [3.8, 4) is 0 Å². The van der Waals surface area contributed by atoms with Crippen LogP contribution in [0.25, 0.3) is 0 Å². The van der Waals surface area contributed by atoms with Gasteiger partial charge in [0.2, 0.25) is 0 Å². The predicted octanol–water partition coefficient (Wildman–Crippen LogP) is 2.32. The molecule has 18 heavy (non-hydrogen) atoms. The van der Waals surface area contributed by atoms with Gasteiger partial charge < -0.3 is 10.7 Å². The summed E-state index contributed by atoms with van der Waals surface area (Å²) in [6.07, 6.45) is 6.10. The van der Waals surface area contributed by atoms with Crippen molar-refractivity contribution in [3.63, 3.8) is 0 Å². The number of nitrogens with two attached hydrogens (primary N) is 1.